The number of ether oxygens (including phenoxy) is 2. The first-order valence-electron chi connectivity index (χ1n) is 8.49. The van der Waals surface area contributed by atoms with Crippen LogP contribution in [0.1, 0.15) is 12.0 Å². The molecule has 0 fully saturated rings. The average Bonchev–Trinajstić information content (AvgIpc) is 3.26. The first-order chi connectivity index (χ1) is 13.2. The number of aliphatic hydroxyl groups is 1. The van der Waals surface area contributed by atoms with E-state index >= 15 is 0 Å². The van der Waals surface area contributed by atoms with E-state index in [0.717, 1.165) is 26.4 Å². The summed E-state index contributed by atoms with van der Waals surface area (Å²) >= 11 is 3.80. The normalized spacial score (nSPS) is 16.2. The van der Waals surface area contributed by atoms with Gasteiger partial charge in [-0.3, -0.25) is 0 Å². The van der Waals surface area contributed by atoms with Crippen molar-refractivity contribution in [2.75, 3.05) is 6.61 Å². The average molecular weight is 444 g/mol. The van der Waals surface area contributed by atoms with Crippen molar-refractivity contribution in [2.24, 2.45) is 0 Å². The molecule has 0 saturated heterocycles. The summed E-state index contributed by atoms with van der Waals surface area (Å²) in [6.07, 6.45) is 4.09. The standard InChI is InChI=1S/C18H17AsN4O3S/c19-16-15-17(21-11-20-16)23(7-4-8-24)18(22-15)27-14-10-25-13(26-14)9-12-5-2-1-3-6-12/h1-3,5-6,10-11,13,24H,4,7-9H2. The molecule has 2 aromatic heterocycles. The molecule has 1 unspecified atom stereocenters. The Labute approximate surface area is 169 Å². The molecule has 9 heteroatoms. The van der Waals surface area contributed by atoms with Gasteiger partial charge in [-0.2, -0.15) is 0 Å². The van der Waals surface area contributed by atoms with Gasteiger partial charge in [0, 0.05) is 0 Å². The SMILES string of the molecule is OCCCn1c(SC2=COC(Cc3ccccc3)O2)nc2c([As])ncnc21. The first kappa shape index (κ1) is 18.3. The van der Waals surface area contributed by atoms with Crippen LogP contribution in [0.5, 0.6) is 0 Å². The number of aromatic nitrogens is 4. The van der Waals surface area contributed by atoms with Crippen LogP contribution in [0.2, 0.25) is 0 Å². The van der Waals surface area contributed by atoms with E-state index in [1.54, 1.807) is 6.26 Å². The second kappa shape index (κ2) is 8.33. The summed E-state index contributed by atoms with van der Waals surface area (Å²) in [6.45, 7) is 0.714. The molecule has 1 aliphatic heterocycles. The van der Waals surface area contributed by atoms with Gasteiger partial charge in [-0.05, 0) is 0 Å². The Morgan fingerprint density at radius 2 is 2.07 bits per heavy atom. The minimum atomic E-state index is -0.344. The first-order valence-corrected chi connectivity index (χ1v) is 10.2. The molecule has 2 radical (unpaired) electrons. The minimum absolute atomic E-state index is 0.103. The predicted octanol–water partition coefficient (Wildman–Crippen LogP) is 1.51. The second-order valence-electron chi connectivity index (χ2n) is 5.90. The van der Waals surface area contributed by atoms with Crippen molar-refractivity contribution in [1.82, 2.24) is 19.5 Å². The third-order valence-corrected chi connectivity index (χ3v) is 5.59. The molecule has 3 heterocycles. The number of aryl methyl sites for hydroxylation is 1. The van der Waals surface area contributed by atoms with Crippen molar-refractivity contribution in [2.45, 2.75) is 30.8 Å². The summed E-state index contributed by atoms with van der Waals surface area (Å²) in [5, 5.41) is 10.6. The van der Waals surface area contributed by atoms with E-state index in [4.69, 9.17) is 9.47 Å². The zero-order valence-electron chi connectivity index (χ0n) is 14.4. The van der Waals surface area contributed by atoms with Crippen LogP contribution in [0, 0.1) is 0 Å². The number of fused-ring (bicyclic) bond motifs is 1. The Hall–Kier alpha value is -2.02. The molecule has 0 bridgehead atoms. The number of thioether (sulfide) groups is 1. The van der Waals surface area contributed by atoms with Crippen LogP contribution in [0.4, 0.5) is 0 Å². The molecular formula is C18H17AsN4O3S. The van der Waals surface area contributed by atoms with E-state index in [-0.39, 0.29) is 12.9 Å². The van der Waals surface area contributed by atoms with Crippen LogP contribution < -0.4 is 4.48 Å². The summed E-state index contributed by atoms with van der Waals surface area (Å²) in [6, 6.07) is 10.1. The molecule has 1 N–H and O–H groups in total. The zero-order valence-corrected chi connectivity index (χ0v) is 17.0. The number of benzene rings is 1. The van der Waals surface area contributed by atoms with Crippen LogP contribution in [0.15, 0.2) is 53.2 Å². The number of hydrogen-bond acceptors (Lipinski definition) is 7. The molecule has 0 saturated carbocycles. The monoisotopic (exact) mass is 444 g/mol. The maximum absolute atomic E-state index is 9.21. The second-order valence-corrected chi connectivity index (χ2v) is 7.77. The Bertz CT molecular complexity index is 964. The number of rotatable bonds is 7. The predicted molar refractivity (Wildman–Crippen MR) is 102 cm³/mol. The van der Waals surface area contributed by atoms with Crippen molar-refractivity contribution in [3.05, 3.63) is 53.6 Å². The molecule has 0 aliphatic carbocycles. The molecule has 1 atom stereocenters. The zero-order chi connectivity index (χ0) is 18.6. The van der Waals surface area contributed by atoms with E-state index in [0.29, 0.717) is 24.5 Å². The molecule has 1 aliphatic rings. The van der Waals surface area contributed by atoms with E-state index < -0.39 is 0 Å². The van der Waals surface area contributed by atoms with Crippen molar-refractivity contribution < 1.29 is 14.6 Å². The third kappa shape index (κ3) is 4.13. The van der Waals surface area contributed by atoms with Gasteiger partial charge in [0.05, 0.1) is 0 Å². The molecule has 0 amide bonds. The summed E-state index contributed by atoms with van der Waals surface area (Å²) < 4.78 is 14.3. The van der Waals surface area contributed by atoms with Gasteiger partial charge < -0.3 is 0 Å². The van der Waals surface area contributed by atoms with Crippen molar-refractivity contribution in [3.8, 4) is 0 Å². The summed E-state index contributed by atoms with van der Waals surface area (Å²) in [5.41, 5.74) is 2.64. The molecule has 7 nitrogen and oxygen atoms in total. The van der Waals surface area contributed by atoms with E-state index in [9.17, 15) is 5.11 Å². The van der Waals surface area contributed by atoms with Crippen LogP contribution in [-0.4, -0.2) is 54.4 Å². The van der Waals surface area contributed by atoms with Gasteiger partial charge in [0.1, 0.15) is 0 Å². The molecule has 3 aromatic rings. The Morgan fingerprint density at radius 3 is 2.89 bits per heavy atom. The maximum atomic E-state index is 9.21. The third-order valence-electron chi connectivity index (χ3n) is 4.02. The molecule has 27 heavy (non-hydrogen) atoms. The van der Waals surface area contributed by atoms with Gasteiger partial charge in [-0.1, -0.05) is 6.07 Å². The van der Waals surface area contributed by atoms with Gasteiger partial charge in [-0.25, -0.2) is 0 Å². The van der Waals surface area contributed by atoms with Crippen LogP contribution >= 0.6 is 11.8 Å². The van der Waals surface area contributed by atoms with Gasteiger partial charge in [-0.15, -0.1) is 0 Å². The van der Waals surface area contributed by atoms with Crippen LogP contribution in [-0.2, 0) is 22.4 Å². The molecule has 4 rings (SSSR count). The topological polar surface area (TPSA) is 82.3 Å². The van der Waals surface area contributed by atoms with E-state index in [2.05, 4.69) is 31.8 Å². The van der Waals surface area contributed by atoms with E-state index in [1.165, 1.54) is 18.1 Å². The van der Waals surface area contributed by atoms with Gasteiger partial charge in [0.2, 0.25) is 0 Å². The summed E-state index contributed by atoms with van der Waals surface area (Å²) in [7, 11) is 0. The van der Waals surface area contributed by atoms with E-state index in [1.807, 2.05) is 34.9 Å². The quantitative estimate of drug-likeness (QED) is 0.554. The fourth-order valence-electron chi connectivity index (χ4n) is 2.76. The van der Waals surface area contributed by atoms with Gasteiger partial charge in [0.15, 0.2) is 0 Å². The van der Waals surface area contributed by atoms with Crippen molar-refractivity contribution in [1.29, 1.82) is 0 Å². The number of hydrogen-bond donors (Lipinski definition) is 1. The Balaban J connectivity index is 1.51. The fraction of sp³-hybridized carbons (Fsp3) is 0.278. The number of nitrogens with zero attached hydrogens (tertiary/aromatic N) is 4. The molecule has 138 valence electrons. The van der Waals surface area contributed by atoms with Crippen molar-refractivity contribution >= 4 is 44.3 Å². The number of imidazole rings is 1. The van der Waals surface area contributed by atoms with Crippen molar-refractivity contribution in [3.63, 3.8) is 0 Å². The summed E-state index contributed by atoms with van der Waals surface area (Å²) in [4.78, 5) is 13.2. The molecule has 1 aromatic carbocycles. The van der Waals surface area contributed by atoms with Crippen LogP contribution in [0.25, 0.3) is 11.2 Å². The fourth-order valence-corrected chi connectivity index (χ4v) is 4.05. The van der Waals surface area contributed by atoms with Crippen LogP contribution in [0.3, 0.4) is 0 Å². The Kier molecular flexibility index (Phi) is 5.66. The summed E-state index contributed by atoms with van der Waals surface area (Å²) in [5.74, 6) is 0. The molecular weight excluding hydrogens is 427 g/mol. The molecule has 0 spiro atoms. The van der Waals surface area contributed by atoms with Gasteiger partial charge >= 0.3 is 163 Å². The van der Waals surface area contributed by atoms with Gasteiger partial charge in [0.25, 0.3) is 0 Å². The number of aliphatic hydroxyl groups excluding tert-OH is 1. The Morgan fingerprint density at radius 1 is 1.22 bits per heavy atom.